The van der Waals surface area contributed by atoms with Gasteiger partial charge in [0.15, 0.2) is 0 Å². The molecule has 104 valence electrons. The van der Waals surface area contributed by atoms with Gasteiger partial charge in [0.1, 0.15) is 0 Å². The topological polar surface area (TPSA) is 55.4 Å². The summed E-state index contributed by atoms with van der Waals surface area (Å²) in [5, 5.41) is 3.24. The number of ether oxygens (including phenoxy) is 1. The normalized spacial score (nSPS) is 16.6. The second-order valence-electron chi connectivity index (χ2n) is 4.28. The Hall–Kier alpha value is -2.07. The van der Waals surface area contributed by atoms with Crippen molar-refractivity contribution < 1.29 is 14.3 Å². The summed E-state index contributed by atoms with van der Waals surface area (Å²) in [4.78, 5) is 23.8. The smallest absolute Gasteiger partial charge is 0.340 e. The van der Waals surface area contributed by atoms with Crippen molar-refractivity contribution in [1.82, 2.24) is 5.32 Å². The molecule has 1 aromatic carbocycles. The van der Waals surface area contributed by atoms with Crippen LogP contribution < -0.4 is 5.32 Å². The van der Waals surface area contributed by atoms with Gasteiger partial charge in [-0.15, -0.1) is 0 Å². The highest BCUT2D eigenvalue weighted by atomic mass is 35.5. The Morgan fingerprint density at radius 3 is 2.60 bits per heavy atom. The third-order valence-electron chi connectivity index (χ3n) is 2.85. The minimum atomic E-state index is -0.497. The van der Waals surface area contributed by atoms with Crippen LogP contribution in [0.2, 0.25) is 5.02 Å². The molecule has 1 heterocycles. The van der Waals surface area contributed by atoms with Crippen molar-refractivity contribution in [2.75, 3.05) is 6.61 Å². The van der Waals surface area contributed by atoms with E-state index in [0.29, 0.717) is 16.3 Å². The van der Waals surface area contributed by atoms with Gasteiger partial charge in [0.2, 0.25) is 0 Å². The van der Waals surface area contributed by atoms with Gasteiger partial charge in [-0.25, -0.2) is 4.79 Å². The van der Waals surface area contributed by atoms with Crippen LogP contribution >= 0.6 is 11.6 Å². The van der Waals surface area contributed by atoms with Crippen LogP contribution in [0.15, 0.2) is 41.1 Å². The second-order valence-corrected chi connectivity index (χ2v) is 4.72. The Bertz CT molecular complexity index is 615. The maximum atomic E-state index is 11.9. The highest BCUT2D eigenvalue weighted by Crippen LogP contribution is 2.25. The summed E-state index contributed by atoms with van der Waals surface area (Å²) in [5.41, 5.74) is 1.89. The lowest BCUT2D eigenvalue weighted by Crippen LogP contribution is -2.15. The SMILES string of the molecule is CCOC(=O)C1=C(C)NC(=O)/C1=C\c1ccc(Cl)cc1. The van der Waals surface area contributed by atoms with Gasteiger partial charge in [0, 0.05) is 10.7 Å². The van der Waals surface area contributed by atoms with Crippen molar-refractivity contribution in [2.24, 2.45) is 0 Å². The van der Waals surface area contributed by atoms with Gasteiger partial charge < -0.3 is 10.1 Å². The lowest BCUT2D eigenvalue weighted by molar-refractivity contribution is -0.138. The van der Waals surface area contributed by atoms with Crippen LogP contribution in [0.3, 0.4) is 0 Å². The molecule has 4 nitrogen and oxygen atoms in total. The van der Waals surface area contributed by atoms with Crippen LogP contribution in [0.25, 0.3) is 6.08 Å². The summed E-state index contributed by atoms with van der Waals surface area (Å²) >= 11 is 5.82. The Kier molecular flexibility index (Phi) is 4.25. The van der Waals surface area contributed by atoms with Crippen LogP contribution in [0.1, 0.15) is 19.4 Å². The number of allylic oxidation sites excluding steroid dienone is 1. The molecule has 0 saturated heterocycles. The highest BCUT2D eigenvalue weighted by molar-refractivity contribution is 6.30. The Labute approximate surface area is 122 Å². The predicted molar refractivity (Wildman–Crippen MR) is 76.9 cm³/mol. The molecule has 0 unspecified atom stereocenters. The van der Waals surface area contributed by atoms with Crippen molar-refractivity contribution >= 4 is 29.6 Å². The van der Waals surface area contributed by atoms with Crippen molar-refractivity contribution in [3.8, 4) is 0 Å². The van der Waals surface area contributed by atoms with Gasteiger partial charge in [0.25, 0.3) is 5.91 Å². The first-order chi connectivity index (χ1) is 9.52. The largest absolute Gasteiger partial charge is 0.462 e. The molecule has 0 aliphatic carbocycles. The molecule has 0 bridgehead atoms. The number of esters is 1. The zero-order valence-electron chi connectivity index (χ0n) is 11.2. The molecule has 20 heavy (non-hydrogen) atoms. The number of rotatable bonds is 3. The number of nitrogens with one attached hydrogen (secondary N) is 1. The van der Waals surface area contributed by atoms with Gasteiger partial charge in [-0.05, 0) is 37.6 Å². The lowest BCUT2D eigenvalue weighted by Gasteiger charge is -2.04. The van der Waals surface area contributed by atoms with E-state index < -0.39 is 5.97 Å². The van der Waals surface area contributed by atoms with Crippen LogP contribution in [0.5, 0.6) is 0 Å². The van der Waals surface area contributed by atoms with E-state index in [9.17, 15) is 9.59 Å². The molecule has 5 heteroatoms. The lowest BCUT2D eigenvalue weighted by atomic mass is 10.0. The quantitative estimate of drug-likeness (QED) is 0.688. The number of carbonyl (C=O) groups excluding carboxylic acids is 2. The summed E-state index contributed by atoms with van der Waals surface area (Å²) in [6.45, 7) is 3.66. The summed E-state index contributed by atoms with van der Waals surface area (Å²) in [6, 6.07) is 7.00. The average Bonchev–Trinajstić information content (AvgIpc) is 2.67. The van der Waals surface area contributed by atoms with Crippen molar-refractivity contribution in [3.05, 3.63) is 51.7 Å². The molecule has 0 spiro atoms. The number of carbonyl (C=O) groups is 2. The van der Waals surface area contributed by atoms with Gasteiger partial charge in [-0.3, -0.25) is 4.79 Å². The van der Waals surface area contributed by atoms with Crippen molar-refractivity contribution in [3.63, 3.8) is 0 Å². The maximum absolute atomic E-state index is 11.9. The molecule has 0 radical (unpaired) electrons. The maximum Gasteiger partial charge on any atom is 0.340 e. The monoisotopic (exact) mass is 291 g/mol. The van der Waals surface area contributed by atoms with Gasteiger partial charge >= 0.3 is 5.97 Å². The van der Waals surface area contributed by atoms with Crippen molar-refractivity contribution in [1.29, 1.82) is 0 Å². The highest BCUT2D eigenvalue weighted by Gasteiger charge is 2.30. The third kappa shape index (κ3) is 2.91. The van der Waals surface area contributed by atoms with E-state index in [1.807, 2.05) is 0 Å². The number of hydrogen-bond acceptors (Lipinski definition) is 3. The van der Waals surface area contributed by atoms with Gasteiger partial charge in [-0.1, -0.05) is 23.7 Å². The molecule has 0 atom stereocenters. The fourth-order valence-corrected chi connectivity index (χ4v) is 2.07. The zero-order valence-corrected chi connectivity index (χ0v) is 12.0. The van der Waals surface area contributed by atoms with E-state index in [2.05, 4.69) is 5.32 Å². The molecular weight excluding hydrogens is 278 g/mol. The Balaban J connectivity index is 2.39. The predicted octanol–water partition coefficient (Wildman–Crippen LogP) is 2.69. The molecule has 0 saturated carbocycles. The Morgan fingerprint density at radius 1 is 1.35 bits per heavy atom. The first kappa shape index (κ1) is 14.3. The van der Waals surface area contributed by atoms with Gasteiger partial charge in [-0.2, -0.15) is 0 Å². The summed E-state index contributed by atoms with van der Waals surface area (Å²) in [5.74, 6) is -0.802. The number of benzene rings is 1. The third-order valence-corrected chi connectivity index (χ3v) is 3.10. The van der Waals surface area contributed by atoms with E-state index in [4.69, 9.17) is 16.3 Å². The van der Waals surface area contributed by atoms with Crippen molar-refractivity contribution in [2.45, 2.75) is 13.8 Å². The fraction of sp³-hybridized carbons (Fsp3) is 0.200. The molecule has 1 aliphatic heterocycles. The van der Waals surface area contributed by atoms with Crippen LogP contribution in [0, 0.1) is 0 Å². The minimum Gasteiger partial charge on any atom is -0.462 e. The van der Waals surface area contributed by atoms with Crippen LogP contribution in [0.4, 0.5) is 0 Å². The standard InChI is InChI=1S/C15H14ClNO3/c1-3-20-15(19)13-9(2)17-14(18)12(13)8-10-4-6-11(16)7-5-10/h4-8H,3H2,1-2H3,(H,17,18)/b12-8-. The molecule has 1 aliphatic rings. The summed E-state index contributed by atoms with van der Waals surface area (Å²) < 4.78 is 4.98. The summed E-state index contributed by atoms with van der Waals surface area (Å²) in [6.07, 6.45) is 1.65. The van der Waals surface area contributed by atoms with E-state index in [1.165, 1.54) is 0 Å². The van der Waals surface area contributed by atoms with E-state index in [-0.39, 0.29) is 18.1 Å². The van der Waals surface area contributed by atoms with Gasteiger partial charge in [0.05, 0.1) is 17.8 Å². The molecular formula is C15H14ClNO3. The number of hydrogen-bond donors (Lipinski definition) is 1. The van der Waals surface area contributed by atoms with Crippen LogP contribution in [-0.4, -0.2) is 18.5 Å². The Morgan fingerprint density at radius 2 is 2.00 bits per heavy atom. The molecule has 0 aromatic heterocycles. The number of halogens is 1. The zero-order chi connectivity index (χ0) is 14.7. The number of amides is 1. The minimum absolute atomic E-state index is 0.262. The molecule has 1 N–H and O–H groups in total. The van der Waals surface area contributed by atoms with Crippen LogP contribution in [-0.2, 0) is 14.3 Å². The fourth-order valence-electron chi connectivity index (χ4n) is 1.95. The van der Waals surface area contributed by atoms with E-state index in [1.54, 1.807) is 44.2 Å². The first-order valence-electron chi connectivity index (χ1n) is 6.20. The average molecular weight is 292 g/mol. The van der Waals surface area contributed by atoms with E-state index in [0.717, 1.165) is 5.56 Å². The molecule has 0 fully saturated rings. The molecule has 2 rings (SSSR count). The summed E-state index contributed by atoms with van der Waals surface area (Å²) in [7, 11) is 0. The second kappa shape index (κ2) is 5.92. The molecule has 1 amide bonds. The molecule has 1 aromatic rings. The van der Waals surface area contributed by atoms with E-state index >= 15 is 0 Å². The first-order valence-corrected chi connectivity index (χ1v) is 6.57.